The minimum Gasteiger partial charge on any atom is -0.344 e. The average molecular weight is 252 g/mol. The van der Waals surface area contributed by atoms with Crippen molar-refractivity contribution in [2.45, 2.75) is 90.9 Å². The van der Waals surface area contributed by atoms with Crippen molar-refractivity contribution in [3.05, 3.63) is 0 Å². The Hall–Kier alpha value is 0.250. The Balaban J connectivity index is -0.000000845. The van der Waals surface area contributed by atoms with Gasteiger partial charge < -0.3 is 6.15 Å². The molecule has 0 heterocycles. The maximum absolute atomic E-state index is 2.29. The second-order valence-electron chi connectivity index (χ2n) is 4.54. The molecule has 0 radical (unpaired) electrons. The van der Waals surface area contributed by atoms with E-state index in [-0.39, 0.29) is 18.6 Å². The summed E-state index contributed by atoms with van der Waals surface area (Å²) in [7, 11) is 0. The molecule has 0 amide bonds. The van der Waals surface area contributed by atoms with E-state index in [1.807, 2.05) is 0 Å². The molecule has 0 aliphatic rings. The van der Waals surface area contributed by atoms with Gasteiger partial charge in [-0.25, -0.2) is 0 Å². The molecule has 0 saturated carbocycles. The molecule has 0 aromatic carbocycles. The molecule has 0 aliphatic heterocycles. The largest absolute Gasteiger partial charge is 0.344 e. The summed E-state index contributed by atoms with van der Waals surface area (Å²) in [6.07, 6.45) is 17.4. The van der Waals surface area contributed by atoms with Gasteiger partial charge in [-0.15, -0.1) is 12.4 Å². The average Bonchev–Trinajstić information content (AvgIpc) is 2.21. The summed E-state index contributed by atoms with van der Waals surface area (Å²) in [5.74, 6) is 0. The third-order valence-electron chi connectivity index (χ3n) is 2.96. The highest BCUT2D eigenvalue weighted by Crippen LogP contribution is 2.11. The van der Waals surface area contributed by atoms with Crippen LogP contribution in [0.15, 0.2) is 0 Å². The summed E-state index contributed by atoms with van der Waals surface area (Å²) >= 11 is 0. The zero-order valence-corrected chi connectivity index (χ0v) is 12.4. The van der Waals surface area contributed by atoms with Gasteiger partial charge in [0.05, 0.1) is 0 Å². The van der Waals surface area contributed by atoms with Gasteiger partial charge in [0.25, 0.3) is 0 Å². The highest BCUT2D eigenvalue weighted by atomic mass is 35.5. The van der Waals surface area contributed by atoms with Crippen LogP contribution in [-0.4, -0.2) is 0 Å². The van der Waals surface area contributed by atoms with Crippen LogP contribution in [-0.2, 0) is 0 Å². The Morgan fingerprint density at radius 2 is 0.625 bits per heavy atom. The van der Waals surface area contributed by atoms with E-state index in [1.54, 1.807) is 0 Å². The molecule has 2 heteroatoms. The molecule has 16 heavy (non-hydrogen) atoms. The number of hydrogen-bond donors (Lipinski definition) is 1. The maximum atomic E-state index is 2.29. The fourth-order valence-electron chi connectivity index (χ4n) is 1.91. The van der Waals surface area contributed by atoms with Gasteiger partial charge in [-0.2, -0.15) is 0 Å². The van der Waals surface area contributed by atoms with Crippen molar-refractivity contribution in [1.82, 2.24) is 6.15 Å². The maximum Gasteiger partial charge on any atom is -0.0533 e. The molecule has 0 atom stereocenters. The zero-order valence-electron chi connectivity index (χ0n) is 11.6. The number of hydrogen-bond acceptors (Lipinski definition) is 1. The molecule has 1 nitrogen and oxygen atoms in total. The lowest BCUT2D eigenvalue weighted by molar-refractivity contribution is 0.548. The minimum atomic E-state index is 0. The molecule has 0 aliphatic carbocycles. The predicted molar refractivity (Wildman–Crippen MR) is 79.0 cm³/mol. The van der Waals surface area contributed by atoms with Crippen LogP contribution in [0.5, 0.6) is 0 Å². The van der Waals surface area contributed by atoms with Crippen molar-refractivity contribution in [2.24, 2.45) is 0 Å². The quantitative estimate of drug-likeness (QED) is 0.430. The van der Waals surface area contributed by atoms with Crippen molar-refractivity contribution < 1.29 is 0 Å². The van der Waals surface area contributed by atoms with E-state index in [1.165, 1.54) is 77.0 Å². The Morgan fingerprint density at radius 3 is 0.812 bits per heavy atom. The summed E-state index contributed by atoms with van der Waals surface area (Å²) in [5, 5.41) is 0. The zero-order chi connectivity index (χ0) is 10.5. The normalized spacial score (nSPS) is 9.38. The van der Waals surface area contributed by atoms with Crippen molar-refractivity contribution in [2.75, 3.05) is 0 Å². The van der Waals surface area contributed by atoms with E-state index in [2.05, 4.69) is 13.8 Å². The summed E-state index contributed by atoms with van der Waals surface area (Å²) in [5.41, 5.74) is 0. The van der Waals surface area contributed by atoms with E-state index in [0.717, 1.165) is 0 Å². The number of rotatable bonds is 11. The number of unbranched alkanes of at least 4 members (excludes halogenated alkanes) is 11. The first-order valence-electron chi connectivity index (χ1n) is 6.91. The molecule has 0 unspecified atom stereocenters. The van der Waals surface area contributed by atoms with E-state index in [9.17, 15) is 0 Å². The molecular weight excluding hydrogens is 218 g/mol. The van der Waals surface area contributed by atoms with Crippen molar-refractivity contribution in [3.8, 4) is 0 Å². The Bertz CT molecular complexity index is 84.7. The molecule has 0 rings (SSSR count). The first-order chi connectivity index (χ1) is 6.91. The lowest BCUT2D eigenvalue weighted by Gasteiger charge is -2.01. The van der Waals surface area contributed by atoms with Crippen molar-refractivity contribution in [1.29, 1.82) is 0 Å². The first-order valence-corrected chi connectivity index (χ1v) is 6.91. The van der Waals surface area contributed by atoms with Gasteiger partial charge in [0, 0.05) is 0 Å². The van der Waals surface area contributed by atoms with Crippen molar-refractivity contribution in [3.63, 3.8) is 0 Å². The Morgan fingerprint density at radius 1 is 0.438 bits per heavy atom. The molecule has 0 spiro atoms. The lowest BCUT2D eigenvalue weighted by Crippen LogP contribution is -1.81. The summed E-state index contributed by atoms with van der Waals surface area (Å²) in [6, 6.07) is 0. The Kier molecular flexibility index (Phi) is 27.8. The first kappa shape index (κ1) is 21.5. The van der Waals surface area contributed by atoms with Crippen LogP contribution in [0.3, 0.4) is 0 Å². The molecular formula is C14H34ClN. The second kappa shape index (κ2) is 20.6. The van der Waals surface area contributed by atoms with Crippen LogP contribution in [0.1, 0.15) is 90.9 Å². The standard InChI is InChI=1S/C14H30.ClH.H3N/c1-3-5-7-9-11-13-14-12-10-8-6-4-2;;/h3-14H2,1-2H3;1H;1H3. The summed E-state index contributed by atoms with van der Waals surface area (Å²) < 4.78 is 0. The predicted octanol–water partition coefficient (Wildman–Crippen LogP) is 6.29. The molecule has 3 N–H and O–H groups in total. The van der Waals surface area contributed by atoms with Gasteiger partial charge in [-0.05, 0) is 0 Å². The van der Waals surface area contributed by atoms with Gasteiger partial charge in [0.15, 0.2) is 0 Å². The smallest absolute Gasteiger partial charge is 0.0533 e. The van der Waals surface area contributed by atoms with E-state index in [4.69, 9.17) is 0 Å². The van der Waals surface area contributed by atoms with Crippen LogP contribution in [0.25, 0.3) is 0 Å². The fraction of sp³-hybridized carbons (Fsp3) is 1.00. The van der Waals surface area contributed by atoms with Gasteiger partial charge in [0.2, 0.25) is 0 Å². The molecule has 0 aromatic rings. The topological polar surface area (TPSA) is 35.0 Å². The highest BCUT2D eigenvalue weighted by Gasteiger charge is 1.91. The summed E-state index contributed by atoms with van der Waals surface area (Å²) in [6.45, 7) is 4.57. The van der Waals surface area contributed by atoms with Crippen molar-refractivity contribution >= 4 is 12.4 Å². The van der Waals surface area contributed by atoms with Crippen LogP contribution in [0, 0.1) is 0 Å². The molecule has 0 saturated heterocycles. The SMILES string of the molecule is CCCCCCCCCCCCCC.Cl.N. The minimum absolute atomic E-state index is 0. The Labute approximate surface area is 110 Å². The second-order valence-corrected chi connectivity index (χ2v) is 4.54. The van der Waals surface area contributed by atoms with Gasteiger partial charge in [-0.1, -0.05) is 90.9 Å². The summed E-state index contributed by atoms with van der Waals surface area (Å²) in [4.78, 5) is 0. The molecule has 0 bridgehead atoms. The van der Waals surface area contributed by atoms with Crippen LogP contribution >= 0.6 is 12.4 Å². The van der Waals surface area contributed by atoms with Gasteiger partial charge in [0.1, 0.15) is 0 Å². The monoisotopic (exact) mass is 251 g/mol. The fourth-order valence-corrected chi connectivity index (χ4v) is 1.91. The van der Waals surface area contributed by atoms with E-state index >= 15 is 0 Å². The lowest BCUT2D eigenvalue weighted by atomic mass is 10.1. The van der Waals surface area contributed by atoms with E-state index in [0.29, 0.717) is 0 Å². The van der Waals surface area contributed by atoms with Gasteiger partial charge >= 0.3 is 0 Å². The van der Waals surface area contributed by atoms with Crippen LogP contribution in [0.4, 0.5) is 0 Å². The molecule has 102 valence electrons. The highest BCUT2D eigenvalue weighted by molar-refractivity contribution is 5.85. The number of halogens is 1. The van der Waals surface area contributed by atoms with Crippen LogP contribution < -0.4 is 6.15 Å². The third kappa shape index (κ3) is 19.8. The molecule has 0 aromatic heterocycles. The molecule has 0 fully saturated rings. The van der Waals surface area contributed by atoms with E-state index < -0.39 is 0 Å². The van der Waals surface area contributed by atoms with Crippen LogP contribution in [0.2, 0.25) is 0 Å². The third-order valence-corrected chi connectivity index (χ3v) is 2.96. The van der Waals surface area contributed by atoms with Gasteiger partial charge in [-0.3, -0.25) is 0 Å².